The molecule has 3 aromatic rings. The fraction of sp³-hybridized carbons (Fsp3) is 0.240. The van der Waals surface area contributed by atoms with E-state index >= 15 is 0 Å². The van der Waals surface area contributed by atoms with E-state index in [0.717, 1.165) is 0 Å². The molecule has 1 heterocycles. The van der Waals surface area contributed by atoms with Gasteiger partial charge in [-0.2, -0.15) is 0 Å². The van der Waals surface area contributed by atoms with Crippen molar-refractivity contribution < 1.29 is 22.4 Å². The number of carbonyl (C=O) groups is 1. The molecule has 7 heteroatoms. The van der Waals surface area contributed by atoms with Crippen LogP contribution in [0.2, 0.25) is 0 Å². The van der Waals surface area contributed by atoms with Crippen LogP contribution in [0.25, 0.3) is 0 Å². The van der Waals surface area contributed by atoms with Crippen LogP contribution in [0.5, 0.6) is 0 Å². The van der Waals surface area contributed by atoms with Crippen molar-refractivity contribution in [1.29, 1.82) is 0 Å². The molecule has 0 N–H and O–H groups in total. The summed E-state index contributed by atoms with van der Waals surface area (Å²) in [5, 5.41) is 0. The number of hydrogen-bond acceptors (Lipinski definition) is 2. The molecule has 0 bridgehead atoms. The minimum atomic E-state index is -0.577. The summed E-state index contributed by atoms with van der Waals surface area (Å²) in [7, 11) is 0. The van der Waals surface area contributed by atoms with E-state index in [2.05, 4.69) is 0 Å². The molecular weight excluding hydrogens is 420 g/mol. The van der Waals surface area contributed by atoms with Gasteiger partial charge < -0.3 is 4.90 Å². The van der Waals surface area contributed by atoms with Crippen LogP contribution in [0.1, 0.15) is 28.8 Å². The lowest BCUT2D eigenvalue weighted by Gasteiger charge is -2.38. The van der Waals surface area contributed by atoms with Crippen LogP contribution in [0.3, 0.4) is 0 Å². The third kappa shape index (κ3) is 4.83. The zero-order chi connectivity index (χ0) is 22.7. The first-order chi connectivity index (χ1) is 15.4. The molecule has 0 aromatic heterocycles. The number of nitrogens with zero attached hydrogens (tertiary/aromatic N) is 2. The fourth-order valence-corrected chi connectivity index (χ4v) is 4.07. The highest BCUT2D eigenvalue weighted by molar-refractivity contribution is 6.06. The van der Waals surface area contributed by atoms with Crippen LogP contribution in [-0.4, -0.2) is 29.9 Å². The first kappa shape index (κ1) is 22.0. The first-order valence-electron chi connectivity index (χ1n) is 10.4. The van der Waals surface area contributed by atoms with Gasteiger partial charge in [0, 0.05) is 42.5 Å². The van der Waals surface area contributed by atoms with Crippen LogP contribution in [0, 0.1) is 23.3 Å². The Morgan fingerprint density at radius 3 is 1.91 bits per heavy atom. The Bertz CT molecular complexity index is 1060. The average Bonchev–Trinajstić information content (AvgIpc) is 2.79. The smallest absolute Gasteiger partial charge is 0.258 e. The predicted octanol–water partition coefficient (Wildman–Crippen LogP) is 5.55. The van der Waals surface area contributed by atoms with E-state index in [0.29, 0.717) is 37.2 Å². The quantitative estimate of drug-likeness (QED) is 0.484. The molecule has 0 radical (unpaired) electrons. The molecule has 1 aliphatic rings. The van der Waals surface area contributed by atoms with Gasteiger partial charge in [-0.05, 0) is 73.5 Å². The van der Waals surface area contributed by atoms with Gasteiger partial charge in [0.1, 0.15) is 23.3 Å². The highest BCUT2D eigenvalue weighted by Crippen LogP contribution is 2.27. The highest BCUT2D eigenvalue weighted by Gasteiger charge is 2.30. The van der Waals surface area contributed by atoms with Gasteiger partial charge in [-0.1, -0.05) is 6.07 Å². The maximum absolute atomic E-state index is 14.0. The number of rotatable bonds is 5. The lowest BCUT2D eigenvalue weighted by Crippen LogP contribution is -2.47. The maximum atomic E-state index is 14.0. The van der Waals surface area contributed by atoms with E-state index in [1.807, 2.05) is 4.90 Å². The van der Waals surface area contributed by atoms with Gasteiger partial charge in [0.25, 0.3) is 5.91 Å². The fourth-order valence-electron chi connectivity index (χ4n) is 4.07. The molecule has 0 saturated carbocycles. The summed E-state index contributed by atoms with van der Waals surface area (Å²) in [4.78, 5) is 16.9. The van der Waals surface area contributed by atoms with Crippen molar-refractivity contribution in [3.63, 3.8) is 0 Å². The zero-order valence-corrected chi connectivity index (χ0v) is 17.3. The summed E-state index contributed by atoms with van der Waals surface area (Å²) in [6.07, 6.45) is 1.14. The Hall–Kier alpha value is -3.19. The average molecular weight is 442 g/mol. The van der Waals surface area contributed by atoms with Crippen molar-refractivity contribution >= 4 is 11.6 Å². The Morgan fingerprint density at radius 1 is 0.812 bits per heavy atom. The maximum Gasteiger partial charge on any atom is 0.258 e. The molecule has 4 rings (SSSR count). The largest absolute Gasteiger partial charge is 0.305 e. The van der Waals surface area contributed by atoms with Crippen molar-refractivity contribution in [2.45, 2.75) is 25.4 Å². The molecule has 0 aliphatic carbocycles. The summed E-state index contributed by atoms with van der Waals surface area (Å²) >= 11 is 0. The standard InChI is InChI=1S/C25H22F4N2O/c26-18-6-4-17(5-7-18)25(32)31(20-10-8-19(27)9-11-20)21-12-14-30(15-13-21)16-22-23(28)2-1-3-24(22)29/h1-11,21H,12-16H2. The highest BCUT2D eigenvalue weighted by atomic mass is 19.1. The van der Waals surface area contributed by atoms with Crippen LogP contribution in [0.4, 0.5) is 23.2 Å². The summed E-state index contributed by atoms with van der Waals surface area (Å²) < 4.78 is 54.8. The molecule has 166 valence electrons. The van der Waals surface area contributed by atoms with Crippen molar-refractivity contribution in [2.75, 3.05) is 18.0 Å². The van der Waals surface area contributed by atoms with Crippen LogP contribution in [0.15, 0.2) is 66.7 Å². The topological polar surface area (TPSA) is 23.6 Å². The van der Waals surface area contributed by atoms with Crippen molar-refractivity contribution in [2.24, 2.45) is 0 Å². The molecule has 0 atom stereocenters. The van der Waals surface area contributed by atoms with Crippen molar-refractivity contribution in [3.8, 4) is 0 Å². The minimum Gasteiger partial charge on any atom is -0.305 e. The van der Waals surface area contributed by atoms with Gasteiger partial charge in [0.2, 0.25) is 0 Å². The Labute approximate surface area is 183 Å². The molecule has 3 aromatic carbocycles. The van der Waals surface area contributed by atoms with Gasteiger partial charge in [-0.15, -0.1) is 0 Å². The van der Waals surface area contributed by atoms with Crippen molar-refractivity contribution in [1.82, 2.24) is 4.90 Å². The number of halogens is 4. The summed E-state index contributed by atoms with van der Waals surface area (Å²) in [5.41, 5.74) is 0.898. The van der Waals surface area contributed by atoms with Crippen LogP contribution >= 0.6 is 0 Å². The molecule has 32 heavy (non-hydrogen) atoms. The Morgan fingerprint density at radius 2 is 1.34 bits per heavy atom. The van der Waals surface area contributed by atoms with E-state index in [-0.39, 0.29) is 24.1 Å². The van der Waals surface area contributed by atoms with Crippen LogP contribution < -0.4 is 4.90 Å². The molecule has 1 fully saturated rings. The monoisotopic (exact) mass is 442 g/mol. The third-order valence-corrected chi connectivity index (χ3v) is 5.78. The summed E-state index contributed by atoms with van der Waals surface area (Å²) in [6.45, 7) is 1.22. The number of amides is 1. The second kappa shape index (κ2) is 9.53. The molecule has 0 unspecified atom stereocenters. The number of anilines is 1. The Kier molecular flexibility index (Phi) is 6.55. The van der Waals surface area contributed by atoms with E-state index in [1.54, 1.807) is 4.90 Å². The Balaban J connectivity index is 1.53. The number of hydrogen-bond donors (Lipinski definition) is 0. The molecule has 0 spiro atoms. The predicted molar refractivity (Wildman–Crippen MR) is 114 cm³/mol. The minimum absolute atomic E-state index is 0.0312. The number of piperidine rings is 1. The van der Waals surface area contributed by atoms with Gasteiger partial charge in [0.15, 0.2) is 0 Å². The van der Waals surface area contributed by atoms with Crippen LogP contribution in [-0.2, 0) is 6.54 Å². The molecule has 1 saturated heterocycles. The van der Waals surface area contributed by atoms with E-state index in [9.17, 15) is 22.4 Å². The number of benzene rings is 3. The molecule has 1 amide bonds. The third-order valence-electron chi connectivity index (χ3n) is 5.78. The van der Waals surface area contributed by atoms with Crippen molar-refractivity contribution in [3.05, 3.63) is 101 Å². The lowest BCUT2D eigenvalue weighted by atomic mass is 10.00. The zero-order valence-electron chi connectivity index (χ0n) is 17.3. The van der Waals surface area contributed by atoms with E-state index in [1.165, 1.54) is 66.7 Å². The second-order valence-corrected chi connectivity index (χ2v) is 7.87. The number of likely N-dealkylation sites (tertiary alicyclic amines) is 1. The van der Waals surface area contributed by atoms with Gasteiger partial charge in [0.05, 0.1) is 0 Å². The molecule has 3 nitrogen and oxygen atoms in total. The second-order valence-electron chi connectivity index (χ2n) is 7.87. The molecule has 1 aliphatic heterocycles. The number of carbonyl (C=O) groups excluding carboxylic acids is 1. The van der Waals surface area contributed by atoms with E-state index < -0.39 is 23.3 Å². The normalized spacial score (nSPS) is 15.0. The first-order valence-corrected chi connectivity index (χ1v) is 10.4. The van der Waals surface area contributed by atoms with E-state index in [4.69, 9.17) is 0 Å². The lowest BCUT2D eigenvalue weighted by molar-refractivity contribution is 0.0958. The van der Waals surface area contributed by atoms with Gasteiger partial charge >= 0.3 is 0 Å². The van der Waals surface area contributed by atoms with Gasteiger partial charge in [-0.25, -0.2) is 17.6 Å². The SMILES string of the molecule is O=C(c1ccc(F)cc1)N(c1ccc(F)cc1)C1CCN(Cc2c(F)cccc2F)CC1. The van der Waals surface area contributed by atoms with Gasteiger partial charge in [-0.3, -0.25) is 9.69 Å². The summed E-state index contributed by atoms with van der Waals surface area (Å²) in [6, 6.07) is 14.6. The summed E-state index contributed by atoms with van der Waals surface area (Å²) in [5.74, 6) is -2.32. The molecular formula is C25H22F4N2O.